The monoisotopic (exact) mass is 388 g/mol. The number of hydrogen-bond donors (Lipinski definition) is 0. The summed E-state index contributed by atoms with van der Waals surface area (Å²) in [6.45, 7) is 4.96. The first-order valence-electron chi connectivity index (χ1n) is 9.51. The average molecular weight is 388 g/mol. The van der Waals surface area contributed by atoms with E-state index in [4.69, 9.17) is 9.47 Å². The fourth-order valence-corrected chi connectivity index (χ4v) is 3.39. The molecule has 0 saturated carbocycles. The molecule has 1 fully saturated rings. The number of ether oxygens (including phenoxy) is 2. The summed E-state index contributed by atoms with van der Waals surface area (Å²) in [7, 11) is 4.85. The van der Waals surface area contributed by atoms with Crippen molar-refractivity contribution in [3.05, 3.63) is 51.2 Å². The van der Waals surface area contributed by atoms with E-state index in [0.717, 1.165) is 55.2 Å². The van der Waals surface area contributed by atoms with E-state index >= 15 is 0 Å². The molecule has 3 rings (SSSR count). The van der Waals surface area contributed by atoms with Crippen LogP contribution >= 0.6 is 0 Å². The van der Waals surface area contributed by atoms with Gasteiger partial charge in [-0.05, 0) is 18.6 Å². The lowest BCUT2D eigenvalue weighted by Crippen LogP contribution is -2.49. The normalized spacial score (nSPS) is 14.9. The maximum absolute atomic E-state index is 12.1. The van der Waals surface area contributed by atoms with Crippen molar-refractivity contribution >= 4 is 5.82 Å². The number of nitrogens with zero attached hydrogens (tertiary/aromatic N) is 4. The number of benzene rings is 1. The summed E-state index contributed by atoms with van der Waals surface area (Å²) in [6.07, 6.45) is 0.932. The van der Waals surface area contributed by atoms with Gasteiger partial charge >= 0.3 is 5.69 Å². The smallest absolute Gasteiger partial charge is 0.332 e. The lowest BCUT2D eigenvalue weighted by Gasteiger charge is -2.36. The molecule has 0 unspecified atom stereocenters. The number of hydrogen-bond acceptors (Lipinski definition) is 6. The maximum Gasteiger partial charge on any atom is 0.332 e. The van der Waals surface area contributed by atoms with Crippen LogP contribution < -0.4 is 25.6 Å². The lowest BCUT2D eigenvalue weighted by molar-refractivity contribution is 0.223. The minimum atomic E-state index is -0.292. The molecule has 1 aliphatic rings. The Bertz CT molecular complexity index is 913. The van der Waals surface area contributed by atoms with Crippen LogP contribution in [0.25, 0.3) is 0 Å². The van der Waals surface area contributed by atoms with Crippen molar-refractivity contribution < 1.29 is 9.47 Å². The van der Waals surface area contributed by atoms with E-state index in [1.807, 2.05) is 24.3 Å². The Morgan fingerprint density at radius 3 is 2.39 bits per heavy atom. The van der Waals surface area contributed by atoms with Crippen LogP contribution in [0.5, 0.6) is 11.5 Å². The predicted molar refractivity (Wildman–Crippen MR) is 109 cm³/mol. The van der Waals surface area contributed by atoms with Gasteiger partial charge in [-0.1, -0.05) is 6.07 Å². The third-order valence-electron chi connectivity index (χ3n) is 5.13. The van der Waals surface area contributed by atoms with Gasteiger partial charge in [-0.15, -0.1) is 0 Å². The molecule has 0 amide bonds. The molecule has 0 bridgehead atoms. The van der Waals surface area contributed by atoms with Crippen LogP contribution in [-0.2, 0) is 14.1 Å². The number of aromatic nitrogens is 2. The molecule has 8 nitrogen and oxygen atoms in total. The standard InChI is InChI=1S/C20H28N4O4/c1-21-18(15-19(25)22(2)20(21)26)24-11-9-23(10-12-24)8-5-13-28-17-7-4-6-16(14-17)27-3/h4,6-7,14-15H,5,8-13H2,1-3H3. The Labute approximate surface area is 164 Å². The minimum Gasteiger partial charge on any atom is -0.497 e. The second-order valence-electron chi connectivity index (χ2n) is 6.95. The van der Waals surface area contributed by atoms with E-state index in [-0.39, 0.29) is 11.2 Å². The summed E-state index contributed by atoms with van der Waals surface area (Å²) in [5.41, 5.74) is -0.560. The molecular weight excluding hydrogens is 360 g/mol. The molecule has 1 saturated heterocycles. The molecule has 28 heavy (non-hydrogen) atoms. The largest absolute Gasteiger partial charge is 0.497 e. The van der Waals surface area contributed by atoms with Crippen molar-refractivity contribution in [2.45, 2.75) is 6.42 Å². The Hall–Kier alpha value is -2.74. The van der Waals surface area contributed by atoms with Crippen molar-refractivity contribution in [3.63, 3.8) is 0 Å². The molecule has 2 heterocycles. The third kappa shape index (κ3) is 4.56. The average Bonchev–Trinajstić information content (AvgIpc) is 2.73. The quantitative estimate of drug-likeness (QED) is 0.650. The molecule has 1 aromatic heterocycles. The molecule has 8 heteroatoms. The summed E-state index contributed by atoms with van der Waals surface area (Å²) in [6, 6.07) is 9.16. The van der Waals surface area contributed by atoms with Crippen LogP contribution in [0.2, 0.25) is 0 Å². The number of piperazine rings is 1. The van der Waals surface area contributed by atoms with E-state index in [0.29, 0.717) is 12.4 Å². The summed E-state index contributed by atoms with van der Waals surface area (Å²) in [4.78, 5) is 28.5. The van der Waals surface area contributed by atoms with Gasteiger partial charge in [0.2, 0.25) is 0 Å². The van der Waals surface area contributed by atoms with Crippen LogP contribution in [0.4, 0.5) is 5.82 Å². The highest BCUT2D eigenvalue weighted by molar-refractivity contribution is 5.39. The molecule has 1 aromatic carbocycles. The second-order valence-corrected chi connectivity index (χ2v) is 6.95. The zero-order valence-corrected chi connectivity index (χ0v) is 16.8. The Balaban J connectivity index is 1.46. The number of anilines is 1. The molecule has 0 radical (unpaired) electrons. The Morgan fingerprint density at radius 1 is 0.964 bits per heavy atom. The summed E-state index contributed by atoms with van der Waals surface area (Å²) < 4.78 is 13.7. The molecule has 0 atom stereocenters. The highest BCUT2D eigenvalue weighted by Crippen LogP contribution is 2.19. The van der Waals surface area contributed by atoms with Gasteiger partial charge in [0.15, 0.2) is 0 Å². The van der Waals surface area contributed by atoms with Gasteiger partial charge in [-0.2, -0.15) is 0 Å². The minimum absolute atomic E-state index is 0.268. The van der Waals surface area contributed by atoms with Crippen molar-refractivity contribution in [2.75, 3.05) is 51.3 Å². The third-order valence-corrected chi connectivity index (χ3v) is 5.13. The summed E-state index contributed by atoms with van der Waals surface area (Å²) in [5.74, 6) is 2.30. The van der Waals surface area contributed by atoms with Crippen LogP contribution in [0, 0.1) is 0 Å². The van der Waals surface area contributed by atoms with E-state index in [1.54, 1.807) is 24.8 Å². The zero-order chi connectivity index (χ0) is 20.1. The van der Waals surface area contributed by atoms with E-state index < -0.39 is 0 Å². The van der Waals surface area contributed by atoms with Gasteiger partial charge in [0, 0.05) is 59.0 Å². The lowest BCUT2D eigenvalue weighted by atomic mass is 10.3. The highest BCUT2D eigenvalue weighted by Gasteiger charge is 2.20. The van der Waals surface area contributed by atoms with Crippen molar-refractivity contribution in [2.24, 2.45) is 14.1 Å². The zero-order valence-electron chi connectivity index (χ0n) is 16.8. The summed E-state index contributed by atoms with van der Waals surface area (Å²) >= 11 is 0. The molecule has 1 aliphatic heterocycles. The van der Waals surface area contributed by atoms with Crippen LogP contribution in [0.15, 0.2) is 39.9 Å². The van der Waals surface area contributed by atoms with Gasteiger partial charge in [-0.3, -0.25) is 18.8 Å². The van der Waals surface area contributed by atoms with Gasteiger partial charge in [-0.25, -0.2) is 4.79 Å². The van der Waals surface area contributed by atoms with Crippen molar-refractivity contribution in [1.29, 1.82) is 0 Å². The molecular formula is C20H28N4O4. The SMILES string of the molecule is COc1cccc(OCCCN2CCN(c3cc(=O)n(C)c(=O)n3C)CC2)c1. The highest BCUT2D eigenvalue weighted by atomic mass is 16.5. The first-order chi connectivity index (χ1) is 13.5. The molecule has 2 aromatic rings. The first-order valence-corrected chi connectivity index (χ1v) is 9.51. The first kappa shape index (κ1) is 20.0. The number of methoxy groups -OCH3 is 1. The Kier molecular flexibility index (Phi) is 6.41. The van der Waals surface area contributed by atoms with Crippen LogP contribution in [-0.4, -0.2) is 60.5 Å². The Morgan fingerprint density at radius 2 is 1.68 bits per heavy atom. The second kappa shape index (κ2) is 8.97. The molecule has 0 aliphatic carbocycles. The fourth-order valence-electron chi connectivity index (χ4n) is 3.39. The fraction of sp³-hybridized carbons (Fsp3) is 0.500. The van der Waals surface area contributed by atoms with Crippen molar-refractivity contribution in [3.8, 4) is 11.5 Å². The predicted octanol–water partition coefficient (Wildman–Crippen LogP) is 0.684. The van der Waals surface area contributed by atoms with Gasteiger partial charge in [0.25, 0.3) is 5.56 Å². The van der Waals surface area contributed by atoms with Gasteiger partial charge < -0.3 is 14.4 Å². The maximum atomic E-state index is 12.1. The van der Waals surface area contributed by atoms with Crippen LogP contribution in [0.1, 0.15) is 6.42 Å². The molecule has 0 N–H and O–H groups in total. The van der Waals surface area contributed by atoms with E-state index in [1.165, 1.54) is 7.05 Å². The van der Waals surface area contributed by atoms with Gasteiger partial charge in [0.05, 0.1) is 13.7 Å². The topological polar surface area (TPSA) is 68.9 Å². The van der Waals surface area contributed by atoms with E-state index in [9.17, 15) is 9.59 Å². The summed E-state index contributed by atoms with van der Waals surface area (Å²) in [5, 5.41) is 0. The van der Waals surface area contributed by atoms with E-state index in [2.05, 4.69) is 9.80 Å². The molecule has 0 spiro atoms. The van der Waals surface area contributed by atoms with Gasteiger partial charge in [0.1, 0.15) is 17.3 Å². The molecule has 152 valence electrons. The number of rotatable bonds is 7. The van der Waals surface area contributed by atoms with Crippen molar-refractivity contribution in [1.82, 2.24) is 14.0 Å². The van der Waals surface area contributed by atoms with Crippen LogP contribution in [0.3, 0.4) is 0 Å².